The summed E-state index contributed by atoms with van der Waals surface area (Å²) >= 11 is 0. The topological polar surface area (TPSA) is 60.2 Å². The number of anilines is 1. The normalized spacial score (nSPS) is 27.7. The van der Waals surface area contributed by atoms with Crippen molar-refractivity contribution >= 4 is 11.7 Å². The first-order chi connectivity index (χ1) is 10.7. The van der Waals surface area contributed by atoms with E-state index < -0.39 is 0 Å². The Kier molecular flexibility index (Phi) is 3.25. The van der Waals surface area contributed by atoms with E-state index in [4.69, 9.17) is 5.26 Å². The number of nitriles is 1. The predicted octanol–water partition coefficient (Wildman–Crippen LogP) is 1.79. The van der Waals surface area contributed by atoms with Crippen LogP contribution in [0.3, 0.4) is 0 Å². The maximum Gasteiger partial charge on any atom is 0.227 e. The van der Waals surface area contributed by atoms with Crippen LogP contribution in [0.2, 0.25) is 0 Å². The molecule has 1 aromatic rings. The van der Waals surface area contributed by atoms with Gasteiger partial charge in [-0.1, -0.05) is 0 Å². The highest BCUT2D eigenvalue weighted by atomic mass is 16.2. The molecular weight excluding hydrogens is 276 g/mol. The predicted molar refractivity (Wildman–Crippen MR) is 82.1 cm³/mol. The summed E-state index contributed by atoms with van der Waals surface area (Å²) in [6.45, 7) is 2.58. The van der Waals surface area contributed by atoms with Gasteiger partial charge in [-0.15, -0.1) is 0 Å². The molecule has 0 aromatic carbocycles. The summed E-state index contributed by atoms with van der Waals surface area (Å²) in [5, 5.41) is 8.88. The summed E-state index contributed by atoms with van der Waals surface area (Å²) in [5.41, 5.74) is 0.577. The number of carbonyl (C=O) groups excluding carboxylic acids is 1. The molecule has 4 aliphatic rings. The number of piperidine rings is 1. The van der Waals surface area contributed by atoms with Crippen LogP contribution >= 0.6 is 0 Å². The number of fused-ring (bicyclic) bond motifs is 4. The van der Waals surface area contributed by atoms with Crippen LogP contribution in [-0.2, 0) is 4.79 Å². The highest BCUT2D eigenvalue weighted by Gasteiger charge is 2.42. The Hall–Kier alpha value is -2.09. The zero-order chi connectivity index (χ0) is 15.1. The molecule has 4 heterocycles. The molecule has 4 fully saturated rings. The van der Waals surface area contributed by atoms with Crippen molar-refractivity contribution < 1.29 is 4.79 Å². The molecule has 1 aliphatic carbocycles. The minimum atomic E-state index is 0.106. The number of aromatic nitrogens is 1. The molecule has 5 rings (SSSR count). The molecule has 3 aliphatic heterocycles. The van der Waals surface area contributed by atoms with Gasteiger partial charge in [0, 0.05) is 31.9 Å². The number of nitrogens with zero attached hydrogens (tertiary/aromatic N) is 4. The largest absolute Gasteiger partial charge is 0.354 e. The van der Waals surface area contributed by atoms with Gasteiger partial charge in [0.1, 0.15) is 11.9 Å². The first-order valence-corrected chi connectivity index (χ1v) is 8.16. The second-order valence-corrected chi connectivity index (χ2v) is 6.78. The van der Waals surface area contributed by atoms with Gasteiger partial charge in [0.05, 0.1) is 11.5 Å². The van der Waals surface area contributed by atoms with Gasteiger partial charge in [-0.25, -0.2) is 4.98 Å². The third kappa shape index (κ3) is 2.43. The summed E-state index contributed by atoms with van der Waals surface area (Å²) in [6.07, 6.45) is 6.28. The smallest absolute Gasteiger partial charge is 0.227 e. The van der Waals surface area contributed by atoms with E-state index in [1.807, 2.05) is 6.07 Å². The van der Waals surface area contributed by atoms with Gasteiger partial charge in [0.15, 0.2) is 0 Å². The first-order valence-electron chi connectivity index (χ1n) is 8.16. The lowest BCUT2D eigenvalue weighted by atomic mass is 9.94. The zero-order valence-electron chi connectivity index (χ0n) is 12.6. The summed E-state index contributed by atoms with van der Waals surface area (Å²) in [4.78, 5) is 21.5. The molecule has 2 atom stereocenters. The van der Waals surface area contributed by atoms with Gasteiger partial charge in [-0.2, -0.15) is 5.26 Å². The highest BCUT2D eigenvalue weighted by Crippen LogP contribution is 2.36. The Balaban J connectivity index is 1.56. The Morgan fingerprint density at radius 1 is 1.23 bits per heavy atom. The summed E-state index contributed by atoms with van der Waals surface area (Å²) in [6, 6.07) is 6.13. The van der Waals surface area contributed by atoms with Crippen molar-refractivity contribution in [1.29, 1.82) is 5.26 Å². The van der Waals surface area contributed by atoms with Crippen molar-refractivity contribution in [3.8, 4) is 6.07 Å². The summed E-state index contributed by atoms with van der Waals surface area (Å²) in [7, 11) is 0. The quantitative estimate of drug-likeness (QED) is 0.853. The Morgan fingerprint density at radius 2 is 2.09 bits per heavy atom. The molecule has 1 saturated carbocycles. The molecule has 1 amide bonds. The molecule has 0 spiro atoms. The SMILES string of the molecule is N#Cc1ccc(N2C[C@H]3CC[C@@H](C2)N(CC2CC2)C3=O)nc1. The fourth-order valence-electron chi connectivity index (χ4n) is 3.69. The molecule has 1 aromatic heterocycles. The number of hydrogen-bond donors (Lipinski definition) is 0. The van der Waals surface area contributed by atoms with Crippen molar-refractivity contribution in [2.75, 3.05) is 24.5 Å². The minimum absolute atomic E-state index is 0.106. The van der Waals surface area contributed by atoms with Crippen LogP contribution in [0.1, 0.15) is 31.2 Å². The van der Waals surface area contributed by atoms with E-state index in [1.54, 1.807) is 12.3 Å². The average molecular weight is 296 g/mol. The van der Waals surface area contributed by atoms with Crippen LogP contribution in [0.4, 0.5) is 5.82 Å². The molecule has 0 unspecified atom stereocenters. The second kappa shape index (κ2) is 5.28. The van der Waals surface area contributed by atoms with Crippen LogP contribution in [-0.4, -0.2) is 41.5 Å². The molecule has 114 valence electrons. The van der Waals surface area contributed by atoms with Crippen LogP contribution in [0, 0.1) is 23.2 Å². The lowest BCUT2D eigenvalue weighted by molar-refractivity contribution is -0.140. The minimum Gasteiger partial charge on any atom is -0.354 e. The van der Waals surface area contributed by atoms with Gasteiger partial charge >= 0.3 is 0 Å². The average Bonchev–Trinajstić information content (AvgIpc) is 3.38. The van der Waals surface area contributed by atoms with E-state index in [0.29, 0.717) is 17.5 Å². The lowest BCUT2D eigenvalue weighted by Gasteiger charge is -2.36. The maximum absolute atomic E-state index is 12.7. The fourth-order valence-corrected chi connectivity index (χ4v) is 3.69. The number of pyridine rings is 1. The van der Waals surface area contributed by atoms with Crippen molar-refractivity contribution in [2.24, 2.45) is 11.8 Å². The van der Waals surface area contributed by atoms with E-state index in [9.17, 15) is 4.79 Å². The van der Waals surface area contributed by atoms with E-state index in [2.05, 4.69) is 20.9 Å². The van der Waals surface area contributed by atoms with Gasteiger partial charge in [0.25, 0.3) is 0 Å². The van der Waals surface area contributed by atoms with Crippen molar-refractivity contribution in [2.45, 2.75) is 31.7 Å². The molecule has 5 nitrogen and oxygen atoms in total. The first kappa shape index (κ1) is 13.6. The molecule has 2 bridgehead atoms. The second-order valence-electron chi connectivity index (χ2n) is 6.78. The standard InChI is InChI=1S/C17H20N4O/c18-7-13-3-6-16(19-8-13)20-10-14-4-5-15(11-20)21(17(14)22)9-12-1-2-12/h3,6,8,12,14-15H,1-2,4-5,9-11H2/t14-,15+/m1/s1. The fraction of sp³-hybridized carbons (Fsp3) is 0.588. The maximum atomic E-state index is 12.7. The molecule has 5 heteroatoms. The van der Waals surface area contributed by atoms with E-state index in [-0.39, 0.29) is 5.92 Å². The van der Waals surface area contributed by atoms with Gasteiger partial charge in [0.2, 0.25) is 5.91 Å². The lowest BCUT2D eigenvalue weighted by Crippen LogP contribution is -2.48. The monoisotopic (exact) mass is 296 g/mol. The van der Waals surface area contributed by atoms with E-state index in [0.717, 1.165) is 44.2 Å². The van der Waals surface area contributed by atoms with Gasteiger partial charge < -0.3 is 9.80 Å². The summed E-state index contributed by atoms with van der Waals surface area (Å²) < 4.78 is 0. The van der Waals surface area contributed by atoms with Crippen LogP contribution < -0.4 is 4.90 Å². The molecule has 0 N–H and O–H groups in total. The van der Waals surface area contributed by atoms with Crippen molar-refractivity contribution in [1.82, 2.24) is 9.88 Å². The van der Waals surface area contributed by atoms with E-state index >= 15 is 0 Å². The molecule has 22 heavy (non-hydrogen) atoms. The third-order valence-electron chi connectivity index (χ3n) is 5.15. The third-order valence-corrected chi connectivity index (χ3v) is 5.15. The van der Waals surface area contributed by atoms with Crippen LogP contribution in [0.15, 0.2) is 18.3 Å². The number of hydrogen-bond acceptors (Lipinski definition) is 4. The number of rotatable bonds is 3. The number of amides is 1. The van der Waals surface area contributed by atoms with Crippen molar-refractivity contribution in [3.05, 3.63) is 23.9 Å². The molecular formula is C17H20N4O. The van der Waals surface area contributed by atoms with E-state index in [1.165, 1.54) is 12.8 Å². The Morgan fingerprint density at radius 3 is 2.77 bits per heavy atom. The van der Waals surface area contributed by atoms with Gasteiger partial charge in [-0.3, -0.25) is 4.79 Å². The Labute approximate surface area is 130 Å². The van der Waals surface area contributed by atoms with Crippen molar-refractivity contribution in [3.63, 3.8) is 0 Å². The van der Waals surface area contributed by atoms with Crippen LogP contribution in [0.25, 0.3) is 0 Å². The molecule has 3 saturated heterocycles. The number of carbonyl (C=O) groups is 1. The highest BCUT2D eigenvalue weighted by molar-refractivity contribution is 5.81. The Bertz CT molecular complexity index is 617. The molecule has 0 radical (unpaired) electrons. The van der Waals surface area contributed by atoms with Gasteiger partial charge in [-0.05, 0) is 43.7 Å². The van der Waals surface area contributed by atoms with Crippen LogP contribution in [0.5, 0.6) is 0 Å². The zero-order valence-corrected chi connectivity index (χ0v) is 12.6. The summed E-state index contributed by atoms with van der Waals surface area (Å²) in [5.74, 6) is 2.08.